The van der Waals surface area contributed by atoms with Crippen LogP contribution in [0.15, 0.2) is 29.2 Å². The molecule has 0 aromatic heterocycles. The lowest BCUT2D eigenvalue weighted by Crippen LogP contribution is -2.46. The number of hydrogen-bond acceptors (Lipinski definition) is 4. The first-order valence-corrected chi connectivity index (χ1v) is 8.31. The van der Waals surface area contributed by atoms with Crippen LogP contribution in [0.5, 0.6) is 0 Å². The van der Waals surface area contributed by atoms with Crippen LogP contribution in [-0.4, -0.2) is 52.2 Å². The van der Waals surface area contributed by atoms with E-state index in [1.165, 1.54) is 24.3 Å². The van der Waals surface area contributed by atoms with Gasteiger partial charge in [-0.3, -0.25) is 4.90 Å². The Morgan fingerprint density at radius 3 is 2.00 bits per heavy atom. The van der Waals surface area contributed by atoms with Gasteiger partial charge in [-0.15, -0.1) is 24.8 Å². The molecule has 1 fully saturated rings. The summed E-state index contributed by atoms with van der Waals surface area (Å²) in [5.41, 5.74) is 0.453. The summed E-state index contributed by atoms with van der Waals surface area (Å²) in [6, 6.07) is 4.76. The molecule has 1 aliphatic rings. The van der Waals surface area contributed by atoms with Crippen LogP contribution in [0, 0.1) is 0 Å². The lowest BCUT2D eigenvalue weighted by molar-refractivity contribution is 0.0181. The molecule has 1 N–H and O–H groups in total. The Hall–Kier alpha value is -0.470. The van der Waals surface area contributed by atoms with Crippen LogP contribution in [-0.2, 0) is 9.84 Å². The maximum absolute atomic E-state index is 13.3. The molecule has 9 heteroatoms. The number of hydrogen-bond donors (Lipinski definition) is 1. The molecule has 2 rings (SSSR count). The molecular weight excluding hydrogens is 357 g/mol. The summed E-state index contributed by atoms with van der Waals surface area (Å²) in [5, 5.41) is 3.12. The number of halogens is 4. The Kier molecular flexibility index (Phi) is 8.79. The minimum atomic E-state index is -3.30. The average Bonchev–Trinajstić information content (AvgIpc) is 2.39. The highest BCUT2D eigenvalue weighted by Crippen LogP contribution is 2.28. The molecule has 0 bridgehead atoms. The first-order valence-electron chi connectivity index (χ1n) is 6.42. The van der Waals surface area contributed by atoms with Crippen LogP contribution in [0.25, 0.3) is 0 Å². The number of nitrogens with zero attached hydrogens (tertiary/aromatic N) is 1. The molecule has 0 spiro atoms. The minimum absolute atomic E-state index is 0. The number of benzene rings is 1. The quantitative estimate of drug-likeness (QED) is 0.874. The van der Waals surface area contributed by atoms with Gasteiger partial charge in [-0.1, -0.05) is 12.1 Å². The van der Waals surface area contributed by atoms with Gasteiger partial charge in [0.1, 0.15) is 0 Å². The predicted molar refractivity (Wildman–Crippen MR) is 87.2 cm³/mol. The first kappa shape index (κ1) is 21.5. The molecular formula is C13H20Cl2F2N2O2S. The van der Waals surface area contributed by atoms with Gasteiger partial charge >= 0.3 is 0 Å². The Morgan fingerprint density at radius 2 is 1.59 bits per heavy atom. The third-order valence-corrected chi connectivity index (χ3v) is 4.56. The van der Waals surface area contributed by atoms with Gasteiger partial charge in [0.2, 0.25) is 0 Å². The molecule has 1 aromatic rings. The Balaban J connectivity index is 0.00000220. The summed E-state index contributed by atoms with van der Waals surface area (Å²) in [6.07, 6.45) is -1.40. The smallest absolute Gasteiger partial charge is 0.258 e. The van der Waals surface area contributed by atoms with Crippen LogP contribution in [0.1, 0.15) is 11.6 Å². The highest BCUT2D eigenvalue weighted by Gasteiger charge is 2.30. The standard InChI is InChI=1S/C13H18F2N2O2S.2ClH/c1-20(18,19)11-4-2-10(3-5-11)12(13(14)15)17-8-6-16-7-9-17;;/h2-5,12-13,16H,6-9H2,1H3;2*1H/t12-;;/m0../s1. The molecule has 1 atom stereocenters. The van der Waals surface area contributed by atoms with E-state index in [0.717, 1.165) is 6.26 Å². The van der Waals surface area contributed by atoms with Crippen molar-refractivity contribution in [2.75, 3.05) is 32.4 Å². The lowest BCUT2D eigenvalue weighted by atomic mass is 10.1. The van der Waals surface area contributed by atoms with Crippen LogP contribution in [0.2, 0.25) is 0 Å². The van der Waals surface area contributed by atoms with Gasteiger partial charge in [-0.2, -0.15) is 0 Å². The Bertz CT molecular complexity index is 550. The fourth-order valence-corrected chi connectivity index (χ4v) is 3.02. The van der Waals surface area contributed by atoms with Crippen molar-refractivity contribution in [3.05, 3.63) is 29.8 Å². The van der Waals surface area contributed by atoms with Gasteiger partial charge < -0.3 is 5.32 Å². The highest BCUT2D eigenvalue weighted by atomic mass is 35.5. The van der Waals surface area contributed by atoms with E-state index in [4.69, 9.17) is 0 Å². The molecule has 1 aromatic carbocycles. The molecule has 0 saturated carbocycles. The van der Waals surface area contributed by atoms with Crippen LogP contribution in [0.3, 0.4) is 0 Å². The van der Waals surface area contributed by atoms with Crippen molar-refractivity contribution < 1.29 is 17.2 Å². The van der Waals surface area contributed by atoms with Gasteiger partial charge in [0.25, 0.3) is 6.43 Å². The third kappa shape index (κ3) is 5.31. The molecule has 0 aliphatic carbocycles. The Labute approximate surface area is 142 Å². The van der Waals surface area contributed by atoms with Gasteiger partial charge in [-0.25, -0.2) is 17.2 Å². The molecule has 4 nitrogen and oxygen atoms in total. The molecule has 128 valence electrons. The summed E-state index contributed by atoms with van der Waals surface area (Å²) in [7, 11) is -3.30. The zero-order chi connectivity index (χ0) is 14.8. The number of alkyl halides is 2. The molecule has 0 amide bonds. The minimum Gasteiger partial charge on any atom is -0.314 e. The van der Waals surface area contributed by atoms with Crippen LogP contribution >= 0.6 is 24.8 Å². The molecule has 22 heavy (non-hydrogen) atoms. The topological polar surface area (TPSA) is 49.4 Å². The van der Waals surface area contributed by atoms with E-state index in [1.807, 2.05) is 0 Å². The van der Waals surface area contributed by atoms with Crippen LogP contribution < -0.4 is 5.32 Å². The normalized spacial score (nSPS) is 17.5. The summed E-state index contributed by atoms with van der Waals surface area (Å²) in [4.78, 5) is 1.88. The number of nitrogens with one attached hydrogen (secondary N) is 1. The summed E-state index contributed by atoms with van der Waals surface area (Å²) < 4.78 is 49.4. The van der Waals surface area contributed by atoms with Gasteiger partial charge in [0.15, 0.2) is 9.84 Å². The first-order chi connectivity index (χ1) is 9.39. The van der Waals surface area contributed by atoms with Crippen molar-refractivity contribution in [1.29, 1.82) is 0 Å². The fourth-order valence-electron chi connectivity index (χ4n) is 2.39. The number of rotatable bonds is 4. The van der Waals surface area contributed by atoms with Crippen LogP contribution in [0.4, 0.5) is 8.78 Å². The third-order valence-electron chi connectivity index (χ3n) is 3.43. The summed E-state index contributed by atoms with van der Waals surface area (Å²) in [6.45, 7) is 2.49. The van der Waals surface area contributed by atoms with Crippen molar-refractivity contribution >= 4 is 34.7 Å². The lowest BCUT2D eigenvalue weighted by Gasteiger charge is -2.34. The second kappa shape index (κ2) is 8.98. The zero-order valence-electron chi connectivity index (χ0n) is 12.0. The zero-order valence-corrected chi connectivity index (χ0v) is 14.5. The second-order valence-corrected chi connectivity index (χ2v) is 6.92. The number of piperazine rings is 1. The van der Waals surface area contributed by atoms with Gasteiger partial charge in [-0.05, 0) is 17.7 Å². The summed E-state index contributed by atoms with van der Waals surface area (Å²) in [5.74, 6) is 0. The van der Waals surface area contributed by atoms with Crippen molar-refractivity contribution in [3.8, 4) is 0 Å². The van der Waals surface area contributed by atoms with E-state index in [-0.39, 0.29) is 29.7 Å². The predicted octanol–water partition coefficient (Wildman–Crippen LogP) is 2.15. The van der Waals surface area contributed by atoms with Crippen molar-refractivity contribution in [3.63, 3.8) is 0 Å². The maximum Gasteiger partial charge on any atom is 0.258 e. The maximum atomic E-state index is 13.3. The molecule has 1 aliphatic heterocycles. The van der Waals surface area contributed by atoms with E-state index in [1.54, 1.807) is 4.90 Å². The van der Waals surface area contributed by atoms with E-state index < -0.39 is 22.3 Å². The van der Waals surface area contributed by atoms with Crippen molar-refractivity contribution in [2.24, 2.45) is 0 Å². The van der Waals surface area contributed by atoms with E-state index in [0.29, 0.717) is 31.7 Å². The largest absolute Gasteiger partial charge is 0.314 e. The monoisotopic (exact) mass is 376 g/mol. The van der Waals surface area contributed by atoms with E-state index in [2.05, 4.69) is 5.32 Å². The van der Waals surface area contributed by atoms with Gasteiger partial charge in [0, 0.05) is 32.4 Å². The van der Waals surface area contributed by atoms with Crippen molar-refractivity contribution in [2.45, 2.75) is 17.4 Å². The average molecular weight is 377 g/mol. The van der Waals surface area contributed by atoms with E-state index in [9.17, 15) is 17.2 Å². The molecule has 1 heterocycles. The highest BCUT2D eigenvalue weighted by molar-refractivity contribution is 7.90. The number of sulfone groups is 1. The van der Waals surface area contributed by atoms with Crippen molar-refractivity contribution in [1.82, 2.24) is 10.2 Å². The second-order valence-electron chi connectivity index (χ2n) is 4.91. The van der Waals surface area contributed by atoms with E-state index >= 15 is 0 Å². The molecule has 0 unspecified atom stereocenters. The van der Waals surface area contributed by atoms with Gasteiger partial charge in [0.05, 0.1) is 10.9 Å². The summed E-state index contributed by atoms with van der Waals surface area (Å²) >= 11 is 0. The SMILES string of the molecule is CS(=O)(=O)c1ccc([C@@H](C(F)F)N2CCNCC2)cc1.Cl.Cl. The molecule has 0 radical (unpaired) electrons. The Morgan fingerprint density at radius 1 is 1.09 bits per heavy atom. The fraction of sp³-hybridized carbons (Fsp3) is 0.538. The molecule has 1 saturated heterocycles.